The Balaban J connectivity index is 2.17. The van der Waals surface area contributed by atoms with Gasteiger partial charge < -0.3 is 19.6 Å². The Morgan fingerprint density at radius 2 is 1.76 bits per heavy atom. The van der Waals surface area contributed by atoms with Crippen LogP contribution in [0.3, 0.4) is 0 Å². The molecule has 0 saturated carbocycles. The molecule has 2 aromatic carbocycles. The number of imidazole rings is 1. The second-order valence-corrected chi connectivity index (χ2v) is 4.91. The van der Waals surface area contributed by atoms with E-state index in [4.69, 9.17) is 21.1 Å². The smallest absolute Gasteiger partial charge is 0.200 e. The van der Waals surface area contributed by atoms with E-state index in [0.717, 1.165) is 16.6 Å². The normalized spacial score (nSPS) is 10.8. The average Bonchev–Trinajstić information content (AvgIpc) is 2.90. The molecule has 1 heterocycles. The van der Waals surface area contributed by atoms with Gasteiger partial charge in [0.1, 0.15) is 5.82 Å². The first kappa shape index (κ1) is 13.6. The van der Waals surface area contributed by atoms with Gasteiger partial charge in [0.05, 0.1) is 25.3 Å². The van der Waals surface area contributed by atoms with Crippen molar-refractivity contribution in [3.05, 3.63) is 35.4 Å². The Morgan fingerprint density at radius 3 is 2.38 bits per heavy atom. The zero-order chi connectivity index (χ0) is 15.0. The number of hydrogen-bond donors (Lipinski definition) is 2. The minimum atomic E-state index is -0.0390. The summed E-state index contributed by atoms with van der Waals surface area (Å²) in [6.45, 7) is 0. The van der Waals surface area contributed by atoms with Gasteiger partial charge in [-0.05, 0) is 30.3 Å². The molecule has 0 spiro atoms. The number of rotatable bonds is 3. The van der Waals surface area contributed by atoms with Gasteiger partial charge in [-0.2, -0.15) is 0 Å². The lowest BCUT2D eigenvalue weighted by molar-refractivity contribution is 0.340. The Morgan fingerprint density at radius 1 is 1.10 bits per heavy atom. The first-order valence-electron chi connectivity index (χ1n) is 6.23. The number of fused-ring (bicyclic) bond motifs is 1. The van der Waals surface area contributed by atoms with Gasteiger partial charge in [-0.3, -0.25) is 0 Å². The minimum Gasteiger partial charge on any atom is -0.502 e. The standard InChI is InChI=1S/C15H13ClN2O3/c1-20-12-5-8(6-13(21-2)14(12)19)15-17-10-4-3-9(16)7-11(10)18-15/h3-7,19H,1-2H3,(H,17,18). The van der Waals surface area contributed by atoms with Crippen molar-refractivity contribution < 1.29 is 14.6 Å². The van der Waals surface area contributed by atoms with E-state index in [1.165, 1.54) is 14.2 Å². The van der Waals surface area contributed by atoms with Gasteiger partial charge in [-0.25, -0.2) is 4.98 Å². The van der Waals surface area contributed by atoms with Gasteiger partial charge in [-0.1, -0.05) is 11.6 Å². The Hall–Kier alpha value is -2.40. The number of hydrogen-bond acceptors (Lipinski definition) is 4. The number of aromatic nitrogens is 2. The molecular weight excluding hydrogens is 292 g/mol. The van der Waals surface area contributed by atoms with Crippen LogP contribution in [0.1, 0.15) is 0 Å². The number of ether oxygens (including phenoxy) is 2. The van der Waals surface area contributed by atoms with Gasteiger partial charge in [0, 0.05) is 10.6 Å². The van der Waals surface area contributed by atoms with Crippen molar-refractivity contribution in [2.75, 3.05) is 14.2 Å². The third-order valence-corrected chi connectivity index (χ3v) is 3.43. The topological polar surface area (TPSA) is 67.4 Å². The number of nitrogens with zero attached hydrogens (tertiary/aromatic N) is 1. The lowest BCUT2D eigenvalue weighted by Gasteiger charge is -2.09. The van der Waals surface area contributed by atoms with Crippen LogP contribution in [0.25, 0.3) is 22.4 Å². The monoisotopic (exact) mass is 304 g/mol. The average molecular weight is 305 g/mol. The number of nitrogens with one attached hydrogen (secondary N) is 1. The maximum atomic E-state index is 9.94. The van der Waals surface area contributed by atoms with Gasteiger partial charge >= 0.3 is 0 Å². The summed E-state index contributed by atoms with van der Waals surface area (Å²) >= 11 is 5.97. The van der Waals surface area contributed by atoms with Crippen molar-refractivity contribution in [2.24, 2.45) is 0 Å². The summed E-state index contributed by atoms with van der Waals surface area (Å²) < 4.78 is 10.3. The van der Waals surface area contributed by atoms with Crippen molar-refractivity contribution >= 4 is 22.6 Å². The molecule has 0 radical (unpaired) electrons. The summed E-state index contributed by atoms with van der Waals surface area (Å²) in [6, 6.07) is 8.82. The van der Waals surface area contributed by atoms with Crippen molar-refractivity contribution in [3.63, 3.8) is 0 Å². The summed E-state index contributed by atoms with van der Waals surface area (Å²) in [7, 11) is 2.97. The van der Waals surface area contributed by atoms with Crippen molar-refractivity contribution in [1.82, 2.24) is 9.97 Å². The van der Waals surface area contributed by atoms with Crippen LogP contribution < -0.4 is 9.47 Å². The van der Waals surface area contributed by atoms with E-state index in [1.807, 2.05) is 12.1 Å². The molecule has 0 atom stereocenters. The first-order chi connectivity index (χ1) is 10.1. The molecule has 108 valence electrons. The van der Waals surface area contributed by atoms with Crippen LogP contribution in [0.5, 0.6) is 17.2 Å². The van der Waals surface area contributed by atoms with E-state index in [9.17, 15) is 5.11 Å². The molecule has 0 aliphatic heterocycles. The Labute approximate surface area is 126 Å². The molecule has 0 aliphatic carbocycles. The largest absolute Gasteiger partial charge is 0.502 e. The summed E-state index contributed by atoms with van der Waals surface area (Å²) in [6.07, 6.45) is 0. The second-order valence-electron chi connectivity index (χ2n) is 4.48. The number of aromatic amines is 1. The molecule has 5 nitrogen and oxygen atoms in total. The van der Waals surface area contributed by atoms with Crippen LogP contribution in [-0.2, 0) is 0 Å². The van der Waals surface area contributed by atoms with Gasteiger partial charge in [0.2, 0.25) is 5.75 Å². The number of methoxy groups -OCH3 is 2. The number of halogens is 1. The van der Waals surface area contributed by atoms with Crippen molar-refractivity contribution in [2.45, 2.75) is 0 Å². The highest BCUT2D eigenvalue weighted by Crippen LogP contribution is 2.40. The molecule has 0 aliphatic rings. The number of phenols is 1. The van der Waals surface area contributed by atoms with E-state index < -0.39 is 0 Å². The molecule has 3 rings (SSSR count). The van der Waals surface area contributed by atoms with E-state index in [0.29, 0.717) is 22.3 Å². The number of aromatic hydroxyl groups is 1. The fraction of sp³-hybridized carbons (Fsp3) is 0.133. The molecule has 0 saturated heterocycles. The van der Waals surface area contributed by atoms with Crippen LogP contribution >= 0.6 is 11.6 Å². The molecule has 1 aromatic heterocycles. The summed E-state index contributed by atoms with van der Waals surface area (Å²) in [5.41, 5.74) is 2.39. The first-order valence-corrected chi connectivity index (χ1v) is 6.61. The van der Waals surface area contributed by atoms with Crippen LogP contribution in [0.15, 0.2) is 30.3 Å². The highest BCUT2D eigenvalue weighted by atomic mass is 35.5. The number of phenolic OH excluding ortho intramolecular Hbond substituents is 1. The maximum Gasteiger partial charge on any atom is 0.200 e. The Bertz CT molecular complexity index is 789. The molecule has 2 N–H and O–H groups in total. The molecule has 3 aromatic rings. The highest BCUT2D eigenvalue weighted by Gasteiger charge is 2.14. The molecular formula is C15H13ClN2O3. The van der Waals surface area contributed by atoms with E-state index in [-0.39, 0.29) is 5.75 Å². The SMILES string of the molecule is COc1cc(-c2nc3ccc(Cl)cc3[nH]2)cc(OC)c1O. The quantitative estimate of drug-likeness (QED) is 0.775. The van der Waals surface area contributed by atoms with E-state index >= 15 is 0 Å². The summed E-state index contributed by atoms with van der Waals surface area (Å²) in [5, 5.41) is 10.6. The molecule has 21 heavy (non-hydrogen) atoms. The van der Waals surface area contributed by atoms with E-state index in [2.05, 4.69) is 9.97 Å². The zero-order valence-corrected chi connectivity index (χ0v) is 12.2. The third-order valence-electron chi connectivity index (χ3n) is 3.20. The fourth-order valence-electron chi connectivity index (χ4n) is 2.15. The van der Waals surface area contributed by atoms with Crippen LogP contribution in [0.4, 0.5) is 0 Å². The van der Waals surface area contributed by atoms with E-state index in [1.54, 1.807) is 18.2 Å². The molecule has 0 amide bonds. The van der Waals surface area contributed by atoms with Crippen LogP contribution in [0, 0.1) is 0 Å². The summed E-state index contributed by atoms with van der Waals surface area (Å²) in [5.74, 6) is 1.25. The molecule has 0 fully saturated rings. The van der Waals surface area contributed by atoms with Gasteiger partial charge in [-0.15, -0.1) is 0 Å². The number of benzene rings is 2. The fourth-order valence-corrected chi connectivity index (χ4v) is 2.32. The Kier molecular flexibility index (Phi) is 3.35. The lowest BCUT2D eigenvalue weighted by Crippen LogP contribution is -1.91. The molecule has 0 bridgehead atoms. The lowest BCUT2D eigenvalue weighted by atomic mass is 10.1. The van der Waals surface area contributed by atoms with Crippen LogP contribution in [0.2, 0.25) is 5.02 Å². The van der Waals surface area contributed by atoms with Crippen molar-refractivity contribution in [1.29, 1.82) is 0 Å². The van der Waals surface area contributed by atoms with Crippen molar-refractivity contribution in [3.8, 4) is 28.6 Å². The van der Waals surface area contributed by atoms with Gasteiger partial charge in [0.15, 0.2) is 11.5 Å². The van der Waals surface area contributed by atoms with Gasteiger partial charge in [0.25, 0.3) is 0 Å². The number of H-pyrrole nitrogens is 1. The predicted octanol–water partition coefficient (Wildman–Crippen LogP) is 3.61. The highest BCUT2D eigenvalue weighted by molar-refractivity contribution is 6.31. The zero-order valence-electron chi connectivity index (χ0n) is 11.5. The summed E-state index contributed by atoms with van der Waals surface area (Å²) in [4.78, 5) is 7.68. The predicted molar refractivity (Wildman–Crippen MR) is 81.3 cm³/mol. The van der Waals surface area contributed by atoms with Crippen LogP contribution in [-0.4, -0.2) is 29.3 Å². The minimum absolute atomic E-state index is 0.0390. The third kappa shape index (κ3) is 2.36. The molecule has 6 heteroatoms. The second kappa shape index (κ2) is 5.18. The molecule has 0 unspecified atom stereocenters. The maximum absolute atomic E-state index is 9.94.